The molecule has 3 atom stereocenters. The number of nitriles is 1. The first-order valence-electron chi connectivity index (χ1n) is 12.7. The van der Waals surface area contributed by atoms with Crippen LogP contribution in [0.3, 0.4) is 0 Å². The third kappa shape index (κ3) is 6.82. The highest BCUT2D eigenvalue weighted by Gasteiger charge is 2.32. The minimum atomic E-state index is -1.02. The minimum Gasteiger partial charge on any atom is -0.507 e. The van der Waals surface area contributed by atoms with Crippen molar-refractivity contribution >= 4 is 34.7 Å². The standard InChI is InChI=1S/C27H35N5O6/c1-15(2)11-19(24(35)30-17(14-28)12-16-9-10-29-23(16)34)31-25(36)21-13-18-20(7-6-8-22(18)33)32(21)26(37)38-27(3,4)5/h6-8,13,15-17,19,33H,9-12H2,1-5H3,(H,29,34)(H,30,35)(H,31,36)/t16-,17-,19-/m0/s1. The van der Waals surface area contributed by atoms with Gasteiger partial charge in [-0.2, -0.15) is 5.26 Å². The van der Waals surface area contributed by atoms with Crippen molar-refractivity contribution in [2.45, 2.75) is 71.6 Å². The molecule has 0 spiro atoms. The summed E-state index contributed by atoms with van der Waals surface area (Å²) in [6, 6.07) is 6.02. The molecule has 204 valence electrons. The van der Waals surface area contributed by atoms with E-state index in [1.54, 1.807) is 32.9 Å². The first-order valence-corrected chi connectivity index (χ1v) is 12.7. The van der Waals surface area contributed by atoms with Gasteiger partial charge in [-0.1, -0.05) is 19.9 Å². The van der Waals surface area contributed by atoms with Crippen LogP contribution in [-0.2, 0) is 14.3 Å². The molecule has 1 aromatic carbocycles. The van der Waals surface area contributed by atoms with Gasteiger partial charge in [-0.3, -0.25) is 14.4 Å². The Morgan fingerprint density at radius 2 is 1.97 bits per heavy atom. The second-order valence-electron chi connectivity index (χ2n) is 10.9. The lowest BCUT2D eigenvalue weighted by Crippen LogP contribution is -2.50. The molecule has 38 heavy (non-hydrogen) atoms. The fourth-order valence-electron chi connectivity index (χ4n) is 4.39. The molecule has 1 aliphatic rings. The van der Waals surface area contributed by atoms with Gasteiger partial charge in [0, 0.05) is 17.8 Å². The molecule has 0 radical (unpaired) electrons. The van der Waals surface area contributed by atoms with Crippen LogP contribution < -0.4 is 16.0 Å². The number of hydrogen-bond donors (Lipinski definition) is 4. The number of hydrogen-bond acceptors (Lipinski definition) is 7. The molecular weight excluding hydrogens is 490 g/mol. The summed E-state index contributed by atoms with van der Waals surface area (Å²) in [6.45, 7) is 9.37. The summed E-state index contributed by atoms with van der Waals surface area (Å²) in [7, 11) is 0. The summed E-state index contributed by atoms with van der Waals surface area (Å²) in [5, 5.41) is 28.2. The molecule has 4 N–H and O–H groups in total. The van der Waals surface area contributed by atoms with Crippen molar-refractivity contribution in [1.29, 1.82) is 5.26 Å². The zero-order chi connectivity index (χ0) is 28.2. The molecule has 0 aliphatic carbocycles. The van der Waals surface area contributed by atoms with Gasteiger partial charge in [0.1, 0.15) is 29.1 Å². The van der Waals surface area contributed by atoms with Crippen molar-refractivity contribution in [3.8, 4) is 11.8 Å². The van der Waals surface area contributed by atoms with Crippen molar-refractivity contribution in [1.82, 2.24) is 20.5 Å². The molecule has 1 aromatic heterocycles. The van der Waals surface area contributed by atoms with Crippen LogP contribution in [0.1, 0.15) is 64.4 Å². The molecule has 11 nitrogen and oxygen atoms in total. The Balaban J connectivity index is 1.88. The fraction of sp³-hybridized carbons (Fsp3) is 0.519. The predicted octanol–water partition coefficient (Wildman–Crippen LogP) is 2.81. The average Bonchev–Trinajstić information content (AvgIpc) is 3.41. The van der Waals surface area contributed by atoms with Gasteiger partial charge in [-0.05, 0) is 64.2 Å². The number of carbonyl (C=O) groups is 4. The van der Waals surface area contributed by atoms with Gasteiger partial charge in [0.15, 0.2) is 0 Å². The van der Waals surface area contributed by atoms with E-state index in [9.17, 15) is 29.5 Å². The average molecular weight is 526 g/mol. The smallest absolute Gasteiger partial charge is 0.419 e. The van der Waals surface area contributed by atoms with Crippen LogP contribution in [-0.4, -0.2) is 57.7 Å². The first-order chi connectivity index (χ1) is 17.8. The number of fused-ring (bicyclic) bond motifs is 1. The van der Waals surface area contributed by atoms with E-state index in [1.807, 2.05) is 19.9 Å². The highest BCUT2D eigenvalue weighted by molar-refractivity contribution is 6.06. The highest BCUT2D eigenvalue weighted by atomic mass is 16.6. The summed E-state index contributed by atoms with van der Waals surface area (Å²) < 4.78 is 6.56. The third-order valence-electron chi connectivity index (χ3n) is 6.12. The maximum atomic E-state index is 13.5. The number of nitrogens with zero attached hydrogens (tertiary/aromatic N) is 2. The van der Waals surface area contributed by atoms with Gasteiger partial charge in [-0.25, -0.2) is 9.36 Å². The molecule has 0 unspecified atom stereocenters. The van der Waals surface area contributed by atoms with Gasteiger partial charge >= 0.3 is 6.09 Å². The second kappa shape index (κ2) is 11.5. The fourth-order valence-corrected chi connectivity index (χ4v) is 4.39. The lowest BCUT2D eigenvalue weighted by molar-refractivity contribution is -0.125. The Bertz CT molecular complexity index is 1270. The zero-order valence-electron chi connectivity index (χ0n) is 22.3. The maximum absolute atomic E-state index is 13.5. The highest BCUT2D eigenvalue weighted by Crippen LogP contribution is 2.29. The number of rotatable bonds is 8. The van der Waals surface area contributed by atoms with Crippen LogP contribution in [0.4, 0.5) is 4.79 Å². The quantitative estimate of drug-likeness (QED) is 0.412. The topological polar surface area (TPSA) is 163 Å². The van der Waals surface area contributed by atoms with Crippen LogP contribution >= 0.6 is 0 Å². The number of amides is 3. The van der Waals surface area contributed by atoms with E-state index >= 15 is 0 Å². The number of benzene rings is 1. The van der Waals surface area contributed by atoms with E-state index in [0.29, 0.717) is 13.0 Å². The number of aromatic nitrogens is 1. The van der Waals surface area contributed by atoms with Crippen LogP contribution in [0.25, 0.3) is 10.9 Å². The third-order valence-corrected chi connectivity index (χ3v) is 6.12. The summed E-state index contributed by atoms with van der Waals surface area (Å²) in [5.74, 6) is -1.92. The van der Waals surface area contributed by atoms with Crippen molar-refractivity contribution in [3.05, 3.63) is 30.0 Å². The molecule has 1 aliphatic heterocycles. The van der Waals surface area contributed by atoms with Crippen LogP contribution in [0.15, 0.2) is 24.3 Å². The Hall–Kier alpha value is -4.07. The molecule has 2 aromatic rings. The van der Waals surface area contributed by atoms with Crippen LogP contribution in [0.5, 0.6) is 5.75 Å². The van der Waals surface area contributed by atoms with Crippen molar-refractivity contribution in [3.63, 3.8) is 0 Å². The number of aromatic hydroxyl groups is 1. The van der Waals surface area contributed by atoms with E-state index in [2.05, 4.69) is 16.0 Å². The number of ether oxygens (including phenoxy) is 1. The van der Waals surface area contributed by atoms with Gasteiger partial charge in [0.05, 0.1) is 11.6 Å². The molecule has 1 saturated heterocycles. The summed E-state index contributed by atoms with van der Waals surface area (Å²) in [6.07, 6.45) is 0.203. The lowest BCUT2D eigenvalue weighted by atomic mass is 9.98. The monoisotopic (exact) mass is 525 g/mol. The Morgan fingerprint density at radius 1 is 1.26 bits per heavy atom. The van der Waals surface area contributed by atoms with Gasteiger partial charge < -0.3 is 25.8 Å². The van der Waals surface area contributed by atoms with Gasteiger partial charge in [0.25, 0.3) is 5.91 Å². The first kappa shape index (κ1) is 28.5. The molecule has 1 fully saturated rings. The van der Waals surface area contributed by atoms with E-state index in [-0.39, 0.29) is 52.9 Å². The van der Waals surface area contributed by atoms with Crippen molar-refractivity contribution in [2.75, 3.05) is 6.54 Å². The van der Waals surface area contributed by atoms with Crippen molar-refractivity contribution in [2.24, 2.45) is 11.8 Å². The Kier molecular flexibility index (Phi) is 8.66. The normalized spacial score (nSPS) is 17.0. The lowest BCUT2D eigenvalue weighted by Gasteiger charge is -2.23. The second-order valence-corrected chi connectivity index (χ2v) is 10.9. The van der Waals surface area contributed by atoms with Crippen LogP contribution in [0, 0.1) is 23.2 Å². The summed E-state index contributed by atoms with van der Waals surface area (Å²) in [4.78, 5) is 51.7. The van der Waals surface area contributed by atoms with E-state index in [1.165, 1.54) is 12.1 Å². The number of phenolic OH excluding ortho intramolecular Hbond substituents is 1. The maximum Gasteiger partial charge on any atom is 0.419 e. The molecular formula is C27H35N5O6. The SMILES string of the molecule is CC(C)C[C@H](NC(=O)c1cc2c(O)cccc2n1C(=O)OC(C)(C)C)C(=O)N[C@H](C#N)C[C@@H]1CCNC1=O. The number of carbonyl (C=O) groups excluding carboxylic acids is 4. The number of phenols is 1. The van der Waals surface area contributed by atoms with E-state index < -0.39 is 35.6 Å². The zero-order valence-corrected chi connectivity index (χ0v) is 22.3. The summed E-state index contributed by atoms with van der Waals surface area (Å²) in [5.41, 5.74) is -0.689. The molecule has 11 heteroatoms. The van der Waals surface area contributed by atoms with E-state index in [0.717, 1.165) is 4.57 Å². The Morgan fingerprint density at radius 3 is 2.55 bits per heavy atom. The van der Waals surface area contributed by atoms with Crippen molar-refractivity contribution < 1.29 is 29.0 Å². The molecule has 2 heterocycles. The Labute approximate surface area is 221 Å². The molecule has 0 bridgehead atoms. The predicted molar refractivity (Wildman–Crippen MR) is 139 cm³/mol. The molecule has 3 amide bonds. The minimum absolute atomic E-state index is 0.00736. The molecule has 0 saturated carbocycles. The van der Waals surface area contributed by atoms with Crippen LogP contribution in [0.2, 0.25) is 0 Å². The largest absolute Gasteiger partial charge is 0.507 e. The van der Waals surface area contributed by atoms with E-state index in [4.69, 9.17) is 4.74 Å². The summed E-state index contributed by atoms with van der Waals surface area (Å²) >= 11 is 0. The molecule has 3 rings (SSSR count). The number of nitrogens with one attached hydrogen (secondary N) is 3. The van der Waals surface area contributed by atoms with Gasteiger partial charge in [0.2, 0.25) is 11.8 Å². The van der Waals surface area contributed by atoms with Gasteiger partial charge in [-0.15, -0.1) is 0 Å².